The molecule has 0 saturated heterocycles. The Morgan fingerprint density at radius 3 is 3.00 bits per heavy atom. The van der Waals surface area contributed by atoms with E-state index in [1.165, 1.54) is 37.1 Å². The van der Waals surface area contributed by atoms with Crippen LogP contribution >= 0.6 is 23.6 Å². The van der Waals surface area contributed by atoms with Crippen molar-refractivity contribution < 1.29 is 9.84 Å². The summed E-state index contributed by atoms with van der Waals surface area (Å²) < 4.78 is 8.90. The van der Waals surface area contributed by atoms with Gasteiger partial charge in [-0.1, -0.05) is 11.3 Å². The average molecular weight is 348 g/mol. The van der Waals surface area contributed by atoms with Crippen molar-refractivity contribution in [2.24, 2.45) is 12.1 Å². The maximum Gasteiger partial charge on any atom is 0.293 e. The van der Waals surface area contributed by atoms with Crippen LogP contribution in [0.1, 0.15) is 5.56 Å². The fraction of sp³-hybridized carbons (Fsp3) is 0.143. The number of fused-ring (bicyclic) bond motifs is 1. The van der Waals surface area contributed by atoms with E-state index in [0.29, 0.717) is 25.6 Å². The first-order valence-electron chi connectivity index (χ1n) is 6.50. The number of aryl methyl sites for hydroxylation is 1. The summed E-state index contributed by atoms with van der Waals surface area (Å²) in [7, 11) is 3.23. The van der Waals surface area contributed by atoms with Crippen molar-refractivity contribution in [1.29, 1.82) is 0 Å². The summed E-state index contributed by atoms with van der Waals surface area (Å²) in [6.45, 7) is 0. The summed E-state index contributed by atoms with van der Waals surface area (Å²) in [6, 6.07) is 4.76. The van der Waals surface area contributed by atoms with E-state index in [1.54, 1.807) is 23.7 Å². The number of phenolic OH excluding ortho intramolecular Hbond substituents is 1. The third-order valence-corrected chi connectivity index (χ3v) is 4.74. The summed E-state index contributed by atoms with van der Waals surface area (Å²) in [4.78, 5) is 16.6. The van der Waals surface area contributed by atoms with Crippen LogP contribution in [0.4, 0.5) is 0 Å². The van der Waals surface area contributed by atoms with Crippen LogP contribution in [0.5, 0.6) is 11.5 Å². The van der Waals surface area contributed by atoms with Crippen LogP contribution in [0.3, 0.4) is 0 Å². The molecule has 23 heavy (non-hydrogen) atoms. The Hall–Kier alpha value is -2.52. The van der Waals surface area contributed by atoms with E-state index in [1.807, 2.05) is 0 Å². The van der Waals surface area contributed by atoms with Gasteiger partial charge in [-0.3, -0.25) is 4.79 Å². The smallest absolute Gasteiger partial charge is 0.293 e. The number of aromatic nitrogens is 3. The van der Waals surface area contributed by atoms with Crippen LogP contribution in [-0.2, 0) is 7.05 Å². The van der Waals surface area contributed by atoms with Gasteiger partial charge in [0, 0.05) is 7.05 Å². The maximum atomic E-state index is 12.4. The Morgan fingerprint density at radius 1 is 1.48 bits per heavy atom. The minimum atomic E-state index is -0.284. The lowest BCUT2D eigenvalue weighted by Crippen LogP contribution is -2.16. The normalized spacial score (nSPS) is 11.4. The largest absolute Gasteiger partial charge is 0.504 e. The summed E-state index contributed by atoms with van der Waals surface area (Å²) >= 11 is 6.36. The second-order valence-corrected chi connectivity index (χ2v) is 6.29. The highest BCUT2D eigenvalue weighted by atomic mass is 32.1. The number of rotatable bonds is 3. The highest BCUT2D eigenvalue weighted by molar-refractivity contribution is 7.73. The first-order chi connectivity index (χ1) is 11.0. The van der Waals surface area contributed by atoms with Gasteiger partial charge in [0.15, 0.2) is 21.1 Å². The quantitative estimate of drug-likeness (QED) is 0.579. The number of hydrogen-bond donors (Lipinski definition) is 1. The van der Waals surface area contributed by atoms with E-state index >= 15 is 0 Å². The molecule has 0 unspecified atom stereocenters. The number of phenols is 1. The molecular weight excluding hydrogens is 336 g/mol. The lowest BCUT2D eigenvalue weighted by atomic mass is 10.2. The van der Waals surface area contributed by atoms with Crippen LogP contribution in [0.15, 0.2) is 34.4 Å². The highest BCUT2D eigenvalue weighted by Gasteiger charge is 2.09. The molecule has 0 saturated carbocycles. The van der Waals surface area contributed by atoms with Gasteiger partial charge < -0.3 is 14.4 Å². The van der Waals surface area contributed by atoms with Gasteiger partial charge in [0.05, 0.1) is 13.3 Å². The number of aromatic hydroxyl groups is 1. The predicted octanol–water partition coefficient (Wildman–Crippen LogP) is 2.12. The van der Waals surface area contributed by atoms with Gasteiger partial charge in [-0.15, -0.1) is 0 Å². The fourth-order valence-corrected chi connectivity index (χ4v) is 3.17. The molecule has 0 aliphatic rings. The molecule has 2 aromatic heterocycles. The molecule has 0 radical (unpaired) electrons. The molecule has 0 amide bonds. The van der Waals surface area contributed by atoms with Crippen molar-refractivity contribution in [3.8, 4) is 11.5 Å². The van der Waals surface area contributed by atoms with Crippen molar-refractivity contribution in [2.75, 3.05) is 7.11 Å². The molecule has 2 heterocycles. The van der Waals surface area contributed by atoms with E-state index < -0.39 is 0 Å². The minimum absolute atomic E-state index is 0.0361. The number of nitrogens with zero attached hydrogens (tertiary/aromatic N) is 4. The first kappa shape index (κ1) is 15.4. The molecule has 3 aromatic rings. The second-order valence-electron chi connectivity index (χ2n) is 4.65. The first-order valence-corrected chi connectivity index (χ1v) is 7.72. The SMILES string of the molecule is COc1cc(C=Nn2cnc3c(sc(=S)n3C)c2=O)ccc1O. The molecule has 118 valence electrons. The molecule has 0 aliphatic carbocycles. The zero-order valence-corrected chi connectivity index (χ0v) is 13.9. The molecule has 0 spiro atoms. The molecule has 7 nitrogen and oxygen atoms in total. The molecule has 1 N–H and O–H groups in total. The third kappa shape index (κ3) is 2.76. The van der Waals surface area contributed by atoms with Crippen molar-refractivity contribution in [2.45, 2.75) is 0 Å². The number of thiazole rings is 1. The van der Waals surface area contributed by atoms with E-state index in [9.17, 15) is 9.90 Å². The minimum Gasteiger partial charge on any atom is -0.504 e. The van der Waals surface area contributed by atoms with Gasteiger partial charge in [-0.2, -0.15) is 9.78 Å². The van der Waals surface area contributed by atoms with E-state index in [-0.39, 0.29) is 11.3 Å². The van der Waals surface area contributed by atoms with Crippen LogP contribution < -0.4 is 10.3 Å². The van der Waals surface area contributed by atoms with Crippen LogP contribution in [0, 0.1) is 3.95 Å². The summed E-state index contributed by atoms with van der Waals surface area (Å²) in [5.74, 6) is 0.366. The molecule has 0 aliphatic heterocycles. The maximum absolute atomic E-state index is 12.4. The van der Waals surface area contributed by atoms with Gasteiger partial charge in [-0.05, 0) is 36.0 Å². The summed E-state index contributed by atoms with van der Waals surface area (Å²) in [5, 5.41) is 13.7. The Morgan fingerprint density at radius 2 is 2.26 bits per heavy atom. The van der Waals surface area contributed by atoms with E-state index in [2.05, 4.69) is 10.1 Å². The van der Waals surface area contributed by atoms with E-state index in [4.69, 9.17) is 17.0 Å². The molecular formula is C14H12N4O3S2. The summed E-state index contributed by atoms with van der Waals surface area (Å²) in [5.41, 5.74) is 0.934. The standard InChI is InChI=1S/C14H12N4O3S2/c1-17-12-11(23-14(17)22)13(20)18(7-15-12)16-6-8-3-4-9(19)10(5-8)21-2/h3-7,19H,1-2H3. The molecule has 0 bridgehead atoms. The van der Waals surface area contributed by atoms with Crippen LogP contribution in [-0.4, -0.2) is 32.7 Å². The van der Waals surface area contributed by atoms with Gasteiger partial charge in [0.1, 0.15) is 11.0 Å². The number of benzene rings is 1. The third-order valence-electron chi connectivity index (χ3n) is 3.21. The highest BCUT2D eigenvalue weighted by Crippen LogP contribution is 2.25. The van der Waals surface area contributed by atoms with Crippen molar-refractivity contribution in [1.82, 2.24) is 14.2 Å². The Labute approximate surface area is 139 Å². The lowest BCUT2D eigenvalue weighted by Gasteiger charge is -2.03. The van der Waals surface area contributed by atoms with Gasteiger partial charge in [0.25, 0.3) is 5.56 Å². The zero-order valence-electron chi connectivity index (χ0n) is 12.3. The molecule has 1 aromatic carbocycles. The molecule has 0 atom stereocenters. The van der Waals surface area contributed by atoms with Crippen LogP contribution in [0.25, 0.3) is 10.3 Å². The van der Waals surface area contributed by atoms with Gasteiger partial charge >= 0.3 is 0 Å². The topological polar surface area (TPSA) is 81.6 Å². The number of ether oxygens (including phenoxy) is 1. The monoisotopic (exact) mass is 348 g/mol. The van der Waals surface area contributed by atoms with Crippen molar-refractivity contribution in [3.63, 3.8) is 0 Å². The van der Waals surface area contributed by atoms with Crippen molar-refractivity contribution in [3.05, 3.63) is 44.4 Å². The Balaban J connectivity index is 2.03. The predicted molar refractivity (Wildman–Crippen MR) is 91.3 cm³/mol. The molecule has 9 heteroatoms. The van der Waals surface area contributed by atoms with Gasteiger partial charge in [-0.25, -0.2) is 4.98 Å². The van der Waals surface area contributed by atoms with Crippen LogP contribution in [0.2, 0.25) is 0 Å². The fourth-order valence-electron chi connectivity index (χ4n) is 1.98. The van der Waals surface area contributed by atoms with Crippen molar-refractivity contribution >= 4 is 40.1 Å². The van der Waals surface area contributed by atoms with Gasteiger partial charge in [0.2, 0.25) is 0 Å². The van der Waals surface area contributed by atoms with E-state index in [0.717, 1.165) is 4.68 Å². The zero-order chi connectivity index (χ0) is 16.6. The number of methoxy groups -OCH3 is 1. The lowest BCUT2D eigenvalue weighted by molar-refractivity contribution is 0.373. The average Bonchev–Trinajstić information content (AvgIpc) is 2.84. The molecule has 0 fully saturated rings. The molecule has 3 rings (SSSR count). The number of hydrogen-bond acceptors (Lipinski definition) is 7. The Kier molecular flexibility index (Phi) is 3.97. The Bertz CT molecular complexity index is 1030. The second kappa shape index (κ2) is 5.94. The summed E-state index contributed by atoms with van der Waals surface area (Å²) in [6.07, 6.45) is 2.83.